The van der Waals surface area contributed by atoms with Gasteiger partial charge in [-0.3, -0.25) is 0 Å². The molecule has 2 N–H and O–H groups in total. The molecule has 0 aliphatic heterocycles. The molecule has 0 bridgehead atoms. The molecule has 1 aliphatic rings. The van der Waals surface area contributed by atoms with E-state index in [0.717, 1.165) is 17.8 Å². The minimum absolute atomic E-state index is 0.141. The lowest BCUT2D eigenvalue weighted by molar-refractivity contribution is 0.417. The number of hydrogen-bond donors (Lipinski definition) is 1. The van der Waals surface area contributed by atoms with Crippen molar-refractivity contribution in [2.75, 3.05) is 11.4 Å². The van der Waals surface area contributed by atoms with Crippen LogP contribution in [0.4, 0.5) is 10.1 Å². The second-order valence-corrected chi connectivity index (χ2v) is 6.03. The number of nitrogens with zero attached hydrogens (tertiary/aromatic N) is 1. The van der Waals surface area contributed by atoms with Gasteiger partial charge in [0.25, 0.3) is 0 Å². The molecule has 0 heterocycles. The van der Waals surface area contributed by atoms with E-state index in [0.29, 0.717) is 11.6 Å². The van der Waals surface area contributed by atoms with Crippen LogP contribution in [0.5, 0.6) is 0 Å². The first-order chi connectivity index (χ1) is 9.54. The average molecular weight is 278 g/mol. The molecule has 0 aromatic heterocycles. The highest BCUT2D eigenvalue weighted by atomic mass is 19.1. The minimum atomic E-state index is -0.152. The van der Waals surface area contributed by atoms with Gasteiger partial charge in [-0.25, -0.2) is 4.39 Å². The molecule has 3 heteroatoms. The summed E-state index contributed by atoms with van der Waals surface area (Å²) in [6.07, 6.45) is 6.42. The van der Waals surface area contributed by atoms with Crippen LogP contribution in [0.1, 0.15) is 63.1 Å². The van der Waals surface area contributed by atoms with E-state index in [1.54, 1.807) is 6.07 Å². The van der Waals surface area contributed by atoms with Crippen LogP contribution >= 0.6 is 0 Å². The topological polar surface area (TPSA) is 29.3 Å². The van der Waals surface area contributed by atoms with Gasteiger partial charge in [0, 0.05) is 24.3 Å². The largest absolute Gasteiger partial charge is 0.369 e. The van der Waals surface area contributed by atoms with Gasteiger partial charge in [0.15, 0.2) is 0 Å². The fraction of sp³-hybridized carbons (Fsp3) is 0.647. The molecule has 1 aromatic rings. The Balaban J connectivity index is 2.39. The molecule has 0 spiro atoms. The summed E-state index contributed by atoms with van der Waals surface area (Å²) in [4.78, 5) is 2.43. The molecule has 0 saturated heterocycles. The number of benzene rings is 1. The van der Waals surface area contributed by atoms with E-state index >= 15 is 0 Å². The van der Waals surface area contributed by atoms with Crippen molar-refractivity contribution in [3.63, 3.8) is 0 Å². The minimum Gasteiger partial charge on any atom is -0.369 e. The normalized spacial score (nSPS) is 18.1. The zero-order valence-corrected chi connectivity index (χ0v) is 13.0. The van der Waals surface area contributed by atoms with Gasteiger partial charge >= 0.3 is 0 Å². The number of halogens is 1. The van der Waals surface area contributed by atoms with Crippen LogP contribution in [-0.4, -0.2) is 12.6 Å². The van der Waals surface area contributed by atoms with Gasteiger partial charge in [-0.2, -0.15) is 0 Å². The maximum atomic E-state index is 13.9. The number of nitrogens with two attached hydrogens (primary N) is 1. The van der Waals surface area contributed by atoms with Crippen molar-refractivity contribution < 1.29 is 4.39 Å². The van der Waals surface area contributed by atoms with Gasteiger partial charge in [-0.15, -0.1) is 0 Å². The maximum absolute atomic E-state index is 13.9. The Morgan fingerprint density at radius 2 is 1.95 bits per heavy atom. The van der Waals surface area contributed by atoms with Crippen LogP contribution < -0.4 is 10.6 Å². The van der Waals surface area contributed by atoms with Gasteiger partial charge in [-0.1, -0.05) is 19.3 Å². The van der Waals surface area contributed by atoms with Crippen molar-refractivity contribution in [1.29, 1.82) is 0 Å². The third-order valence-electron chi connectivity index (χ3n) is 4.46. The van der Waals surface area contributed by atoms with Gasteiger partial charge in [0.2, 0.25) is 0 Å². The van der Waals surface area contributed by atoms with Gasteiger partial charge in [0.1, 0.15) is 5.82 Å². The highest BCUT2D eigenvalue weighted by molar-refractivity contribution is 5.57. The van der Waals surface area contributed by atoms with Crippen LogP contribution in [0, 0.1) is 12.7 Å². The zero-order chi connectivity index (χ0) is 14.7. The predicted molar refractivity (Wildman–Crippen MR) is 83.6 cm³/mol. The van der Waals surface area contributed by atoms with Crippen molar-refractivity contribution in [2.45, 2.75) is 65.0 Å². The predicted octanol–water partition coefficient (Wildman–Crippen LogP) is 4.31. The van der Waals surface area contributed by atoms with Crippen molar-refractivity contribution >= 4 is 5.69 Å². The van der Waals surface area contributed by atoms with Crippen LogP contribution in [-0.2, 0) is 0 Å². The molecule has 0 amide bonds. The molecule has 112 valence electrons. The first-order valence-corrected chi connectivity index (χ1v) is 7.86. The van der Waals surface area contributed by atoms with E-state index in [2.05, 4.69) is 11.8 Å². The third-order valence-corrected chi connectivity index (χ3v) is 4.46. The quantitative estimate of drug-likeness (QED) is 0.889. The van der Waals surface area contributed by atoms with Crippen molar-refractivity contribution in [2.24, 2.45) is 5.73 Å². The van der Waals surface area contributed by atoms with Gasteiger partial charge in [0.05, 0.1) is 0 Å². The first-order valence-electron chi connectivity index (χ1n) is 7.86. The van der Waals surface area contributed by atoms with Crippen LogP contribution in [0.3, 0.4) is 0 Å². The fourth-order valence-corrected chi connectivity index (χ4v) is 3.31. The summed E-state index contributed by atoms with van der Waals surface area (Å²) < 4.78 is 13.9. The van der Waals surface area contributed by atoms with Crippen molar-refractivity contribution in [1.82, 2.24) is 0 Å². The summed E-state index contributed by atoms with van der Waals surface area (Å²) in [6, 6.07) is 4.04. The molecule has 2 rings (SSSR count). The number of aryl methyl sites for hydroxylation is 1. The number of anilines is 1. The number of rotatable bonds is 4. The molecular weight excluding hydrogens is 251 g/mol. The summed E-state index contributed by atoms with van der Waals surface area (Å²) >= 11 is 0. The van der Waals surface area contributed by atoms with Crippen LogP contribution in [0.25, 0.3) is 0 Å². The maximum Gasteiger partial charge on any atom is 0.126 e. The molecule has 20 heavy (non-hydrogen) atoms. The Labute approximate surface area is 122 Å². The van der Waals surface area contributed by atoms with E-state index in [9.17, 15) is 4.39 Å². The lowest BCUT2D eigenvalue weighted by Gasteiger charge is -2.37. The SMILES string of the molecule is CCN(c1cc(C)c(F)cc1[C@H](C)N)C1CCCCC1. The molecule has 1 aliphatic carbocycles. The summed E-state index contributed by atoms with van der Waals surface area (Å²) in [5.41, 5.74) is 8.83. The summed E-state index contributed by atoms with van der Waals surface area (Å²) in [6.45, 7) is 6.90. The highest BCUT2D eigenvalue weighted by Crippen LogP contribution is 2.33. The van der Waals surface area contributed by atoms with E-state index in [-0.39, 0.29) is 11.9 Å². The zero-order valence-electron chi connectivity index (χ0n) is 13.0. The fourth-order valence-electron chi connectivity index (χ4n) is 3.31. The first kappa shape index (κ1) is 15.3. The van der Waals surface area contributed by atoms with E-state index in [4.69, 9.17) is 5.73 Å². The molecular formula is C17H27FN2. The van der Waals surface area contributed by atoms with Crippen molar-refractivity contribution in [3.8, 4) is 0 Å². The lowest BCUT2D eigenvalue weighted by Crippen LogP contribution is -2.37. The van der Waals surface area contributed by atoms with Crippen LogP contribution in [0.15, 0.2) is 12.1 Å². The van der Waals surface area contributed by atoms with Gasteiger partial charge < -0.3 is 10.6 Å². The second-order valence-electron chi connectivity index (χ2n) is 6.03. The molecule has 0 radical (unpaired) electrons. The molecule has 1 atom stereocenters. The molecule has 1 fully saturated rings. The number of hydrogen-bond acceptors (Lipinski definition) is 2. The molecule has 1 aromatic carbocycles. The van der Waals surface area contributed by atoms with E-state index in [1.165, 1.54) is 32.1 Å². The van der Waals surface area contributed by atoms with E-state index in [1.807, 2.05) is 19.9 Å². The monoisotopic (exact) mass is 278 g/mol. The highest BCUT2D eigenvalue weighted by Gasteiger charge is 2.23. The Bertz CT molecular complexity index is 451. The Morgan fingerprint density at radius 1 is 1.30 bits per heavy atom. The molecule has 1 saturated carbocycles. The lowest BCUT2D eigenvalue weighted by atomic mass is 9.92. The summed E-state index contributed by atoms with van der Waals surface area (Å²) in [5.74, 6) is -0.152. The smallest absolute Gasteiger partial charge is 0.126 e. The Kier molecular flexibility index (Phi) is 5.03. The molecule has 0 unspecified atom stereocenters. The summed E-state index contributed by atoms with van der Waals surface area (Å²) in [5, 5.41) is 0. The third kappa shape index (κ3) is 3.14. The van der Waals surface area contributed by atoms with Gasteiger partial charge in [-0.05, 0) is 56.9 Å². The van der Waals surface area contributed by atoms with Crippen molar-refractivity contribution in [3.05, 3.63) is 29.1 Å². The Morgan fingerprint density at radius 3 is 2.50 bits per heavy atom. The second kappa shape index (κ2) is 6.57. The van der Waals surface area contributed by atoms with E-state index < -0.39 is 0 Å². The molecule has 2 nitrogen and oxygen atoms in total. The standard InChI is InChI=1S/C17H27FN2/c1-4-20(14-8-6-5-7-9-14)17-10-12(2)16(18)11-15(17)13(3)19/h10-11,13-14H,4-9,19H2,1-3H3/t13-/m0/s1. The Hall–Kier alpha value is -1.09. The average Bonchev–Trinajstić information content (AvgIpc) is 2.44. The van der Waals surface area contributed by atoms with Crippen LogP contribution in [0.2, 0.25) is 0 Å². The summed E-state index contributed by atoms with van der Waals surface area (Å²) in [7, 11) is 0.